The van der Waals surface area contributed by atoms with E-state index in [9.17, 15) is 9.59 Å². The fraction of sp³-hybridized carbons (Fsp3) is 0.310. The Morgan fingerprint density at radius 1 is 0.838 bits per heavy atom. The predicted molar refractivity (Wildman–Crippen MR) is 140 cm³/mol. The number of hydrogen-bond acceptors (Lipinski definition) is 5. The van der Waals surface area contributed by atoms with Crippen LogP contribution in [0.3, 0.4) is 0 Å². The third-order valence-electron chi connectivity index (χ3n) is 6.00. The topological polar surface area (TPSA) is 114 Å². The summed E-state index contributed by atoms with van der Waals surface area (Å²) in [6.07, 6.45) is 3.49. The molecule has 0 bridgehead atoms. The molecule has 0 fully saturated rings. The lowest BCUT2D eigenvalue weighted by atomic mass is 9.80. The third-order valence-corrected chi connectivity index (χ3v) is 6.00. The van der Waals surface area contributed by atoms with Gasteiger partial charge in [0, 0.05) is 18.6 Å². The van der Waals surface area contributed by atoms with E-state index in [4.69, 9.17) is 9.94 Å². The Balaban J connectivity index is 1.70. The van der Waals surface area contributed by atoms with Crippen molar-refractivity contribution < 1.29 is 19.5 Å². The van der Waals surface area contributed by atoms with Crippen molar-refractivity contribution in [3.8, 4) is 0 Å². The Bertz CT molecular complexity index is 1150. The molecule has 2 amide bonds. The van der Waals surface area contributed by atoms with Gasteiger partial charge < -0.3 is 4.74 Å². The number of nitrogens with zero attached hydrogens (tertiary/aromatic N) is 3. The number of amides is 2. The van der Waals surface area contributed by atoms with Gasteiger partial charge >= 0.3 is 5.91 Å². The summed E-state index contributed by atoms with van der Waals surface area (Å²) in [6, 6.07) is 27.3. The normalized spacial score (nSPS) is 10.9. The van der Waals surface area contributed by atoms with E-state index in [2.05, 4.69) is 15.1 Å². The Morgan fingerprint density at radius 3 is 1.97 bits per heavy atom. The molecule has 0 saturated heterocycles. The van der Waals surface area contributed by atoms with Crippen molar-refractivity contribution in [2.24, 2.45) is 10.2 Å². The maximum atomic E-state index is 12.5. The van der Waals surface area contributed by atoms with Gasteiger partial charge in [0.2, 0.25) is 15.9 Å². The molecule has 3 rings (SSSR count). The summed E-state index contributed by atoms with van der Waals surface area (Å²) in [4.78, 5) is 27.2. The van der Waals surface area contributed by atoms with Gasteiger partial charge in [-0.05, 0) is 48.6 Å². The summed E-state index contributed by atoms with van der Waals surface area (Å²) in [7, 11) is 0. The van der Waals surface area contributed by atoms with Gasteiger partial charge in [-0.15, -0.1) is 0 Å². The first-order valence-electron chi connectivity index (χ1n) is 12.5. The number of carbonyl (C=O) groups is 2. The Morgan fingerprint density at radius 2 is 1.41 bits per heavy atom. The molecule has 0 aliphatic rings. The van der Waals surface area contributed by atoms with Gasteiger partial charge in [-0.2, -0.15) is 0 Å². The summed E-state index contributed by atoms with van der Waals surface area (Å²) in [5, 5.41) is 16.1. The second kappa shape index (κ2) is 14.6. The highest BCUT2D eigenvalue weighted by Gasteiger charge is 2.37. The molecule has 0 unspecified atom stereocenters. The molecule has 37 heavy (non-hydrogen) atoms. The summed E-state index contributed by atoms with van der Waals surface area (Å²) in [6.45, 7) is 2.92. The fourth-order valence-electron chi connectivity index (χ4n) is 4.21. The van der Waals surface area contributed by atoms with Crippen molar-refractivity contribution in [2.75, 3.05) is 13.2 Å². The van der Waals surface area contributed by atoms with Gasteiger partial charge in [-0.3, -0.25) is 14.8 Å². The SMILES string of the molecule is CCOC(c1ccccc1)(c1ccccc1)c1ccc(C(=O)N=[N+]=NCCCCCCC(=O)NO)cc1. The molecule has 0 spiro atoms. The number of benzene rings is 3. The first kappa shape index (κ1) is 27.6. The smallest absolute Gasteiger partial charge is 0.360 e. The molecule has 8 heteroatoms. The lowest BCUT2D eigenvalue weighted by Gasteiger charge is -2.35. The highest BCUT2D eigenvalue weighted by Crippen LogP contribution is 2.40. The van der Waals surface area contributed by atoms with Crippen LogP contribution in [-0.2, 0) is 15.1 Å². The average Bonchev–Trinajstić information content (AvgIpc) is 2.95. The molecule has 0 atom stereocenters. The summed E-state index contributed by atoms with van der Waals surface area (Å²) in [5.41, 5.74) is 4.11. The van der Waals surface area contributed by atoms with Crippen molar-refractivity contribution in [2.45, 2.75) is 44.6 Å². The lowest BCUT2D eigenvalue weighted by molar-refractivity contribution is -0.129. The van der Waals surface area contributed by atoms with E-state index in [1.165, 1.54) is 0 Å². The number of ether oxygens (including phenoxy) is 1. The van der Waals surface area contributed by atoms with E-state index in [-0.39, 0.29) is 5.91 Å². The monoisotopic (exact) mass is 501 g/mol. The quantitative estimate of drug-likeness (QED) is 0.0794. The average molecular weight is 502 g/mol. The van der Waals surface area contributed by atoms with Gasteiger partial charge in [0.1, 0.15) is 17.3 Å². The van der Waals surface area contributed by atoms with Gasteiger partial charge in [-0.1, -0.05) is 85.6 Å². The zero-order valence-electron chi connectivity index (χ0n) is 21.0. The highest BCUT2D eigenvalue weighted by molar-refractivity contribution is 5.94. The van der Waals surface area contributed by atoms with Gasteiger partial charge in [0.15, 0.2) is 0 Å². The second-order valence-corrected chi connectivity index (χ2v) is 8.48. The second-order valence-electron chi connectivity index (χ2n) is 8.48. The maximum absolute atomic E-state index is 12.5. The summed E-state index contributed by atoms with van der Waals surface area (Å²) >= 11 is 0. The van der Waals surface area contributed by atoms with E-state index >= 15 is 0 Å². The van der Waals surface area contributed by atoms with E-state index in [1.807, 2.05) is 79.7 Å². The number of rotatable bonds is 13. The minimum atomic E-state index is -0.822. The fourth-order valence-corrected chi connectivity index (χ4v) is 4.21. The molecule has 0 radical (unpaired) electrons. The van der Waals surface area contributed by atoms with Gasteiger partial charge in [0.05, 0.1) is 0 Å². The first-order chi connectivity index (χ1) is 18.1. The molecular formula is C29H33N4O4+. The van der Waals surface area contributed by atoms with Crippen molar-refractivity contribution in [3.05, 3.63) is 107 Å². The number of unbranched alkanes of at least 4 members (excludes halogenated alkanes) is 3. The van der Waals surface area contributed by atoms with E-state index in [0.717, 1.165) is 36.0 Å². The standard InChI is InChI=1S/C29H32N4O4/c1-2-37-29(24-13-7-5-8-14-24,25-15-9-6-10-16-25)26-20-18-23(19-21-26)28(35)31-33-30-22-12-4-3-11-17-27(34)32-36/h5-10,13-16,18-21H,2-4,11-12,17,22H2,1H3,(H-,32,34,36)/p+1. The Labute approximate surface area is 217 Å². The van der Waals surface area contributed by atoms with Crippen LogP contribution in [0, 0.1) is 0 Å². The zero-order chi connectivity index (χ0) is 26.3. The third kappa shape index (κ3) is 7.51. The number of nitrogens with one attached hydrogen (secondary N) is 1. The van der Waals surface area contributed by atoms with Gasteiger partial charge in [-0.25, -0.2) is 5.48 Å². The summed E-state index contributed by atoms with van der Waals surface area (Å²) in [5.74, 6) is -0.847. The van der Waals surface area contributed by atoms with Crippen LogP contribution < -0.4 is 10.4 Å². The van der Waals surface area contributed by atoms with Crippen LogP contribution in [0.1, 0.15) is 66.1 Å². The molecule has 8 nitrogen and oxygen atoms in total. The Hall–Kier alpha value is -3.97. The zero-order valence-corrected chi connectivity index (χ0v) is 21.0. The predicted octanol–water partition coefficient (Wildman–Crippen LogP) is 5.58. The largest absolute Gasteiger partial charge is 0.361 e. The van der Waals surface area contributed by atoms with Crippen LogP contribution in [-0.4, -0.2) is 30.2 Å². The van der Waals surface area contributed by atoms with Gasteiger partial charge in [0.25, 0.3) is 0 Å². The lowest BCUT2D eigenvalue weighted by Crippen LogP contribution is -2.33. The maximum Gasteiger partial charge on any atom is 0.360 e. The minimum absolute atomic E-state index is 0.295. The van der Waals surface area contributed by atoms with Crippen LogP contribution in [0.2, 0.25) is 0 Å². The van der Waals surface area contributed by atoms with E-state index in [1.54, 1.807) is 17.6 Å². The number of hydrogen-bond donors (Lipinski definition) is 2. The van der Waals surface area contributed by atoms with Crippen molar-refractivity contribution in [3.63, 3.8) is 0 Å². The molecule has 0 heterocycles. The van der Waals surface area contributed by atoms with E-state index in [0.29, 0.717) is 31.6 Å². The summed E-state index contributed by atoms with van der Waals surface area (Å²) < 4.78 is 6.46. The van der Waals surface area contributed by atoms with Crippen molar-refractivity contribution in [1.82, 2.24) is 10.4 Å². The van der Waals surface area contributed by atoms with Crippen LogP contribution in [0.5, 0.6) is 0 Å². The van der Waals surface area contributed by atoms with Crippen molar-refractivity contribution in [1.29, 1.82) is 0 Å². The number of hydroxylamine groups is 1. The first-order valence-corrected chi connectivity index (χ1v) is 12.5. The van der Waals surface area contributed by atoms with E-state index < -0.39 is 11.5 Å². The molecular weight excluding hydrogens is 468 g/mol. The molecule has 0 aliphatic heterocycles. The molecule has 0 aromatic heterocycles. The van der Waals surface area contributed by atoms with Crippen LogP contribution >= 0.6 is 0 Å². The molecule has 0 aliphatic carbocycles. The highest BCUT2D eigenvalue weighted by atomic mass is 16.5. The molecule has 2 N–H and O–H groups in total. The molecule has 192 valence electrons. The van der Waals surface area contributed by atoms with Crippen LogP contribution in [0.4, 0.5) is 0 Å². The van der Waals surface area contributed by atoms with Crippen LogP contribution in [0.15, 0.2) is 95.2 Å². The molecule has 3 aromatic rings. The number of carbonyl (C=O) groups excluding carboxylic acids is 2. The molecule has 3 aromatic carbocycles. The van der Waals surface area contributed by atoms with Crippen molar-refractivity contribution >= 4 is 11.8 Å². The van der Waals surface area contributed by atoms with Crippen LogP contribution in [0.25, 0.3) is 0 Å². The molecule has 0 saturated carbocycles. The Kier molecular flexibility index (Phi) is 10.9. The minimum Gasteiger partial charge on any atom is -0.361 e.